The fraction of sp³-hybridized carbons (Fsp3) is 0.429. The van der Waals surface area contributed by atoms with E-state index in [0.717, 1.165) is 9.95 Å². The zero-order chi connectivity index (χ0) is 16.3. The molecule has 1 aliphatic rings. The Morgan fingerprint density at radius 3 is 2.45 bits per heavy atom. The lowest BCUT2D eigenvalue weighted by atomic mass is 9.79. The van der Waals surface area contributed by atoms with Crippen molar-refractivity contribution >= 4 is 45.5 Å². The van der Waals surface area contributed by atoms with Gasteiger partial charge >= 0.3 is 13.2 Å². The van der Waals surface area contributed by atoms with Crippen LogP contribution in [0.2, 0.25) is 0 Å². The van der Waals surface area contributed by atoms with Crippen LogP contribution in [0.4, 0.5) is 4.79 Å². The summed E-state index contributed by atoms with van der Waals surface area (Å²) < 4.78 is 13.8. The van der Waals surface area contributed by atoms with E-state index < -0.39 is 24.4 Å². The second kappa shape index (κ2) is 4.81. The molecule has 2 aromatic rings. The van der Waals surface area contributed by atoms with Gasteiger partial charge in [0.25, 0.3) is 0 Å². The van der Waals surface area contributed by atoms with Crippen molar-refractivity contribution in [1.29, 1.82) is 0 Å². The second-order valence-corrected chi connectivity index (χ2v) is 7.16. The Labute approximate surface area is 136 Å². The van der Waals surface area contributed by atoms with Crippen LogP contribution in [0, 0.1) is 0 Å². The summed E-state index contributed by atoms with van der Waals surface area (Å²) in [4.78, 5) is 15.5. The molecule has 0 bridgehead atoms. The number of fused-ring (bicyclic) bond motifs is 1. The number of hydrogen-bond acceptors (Lipinski definition) is 4. The van der Waals surface area contributed by atoms with E-state index >= 15 is 0 Å². The van der Waals surface area contributed by atoms with Crippen LogP contribution in [-0.4, -0.2) is 39.1 Å². The van der Waals surface area contributed by atoms with Crippen LogP contribution in [0.25, 0.3) is 10.9 Å². The van der Waals surface area contributed by atoms with Gasteiger partial charge in [-0.15, -0.1) is 0 Å². The Kier molecular flexibility index (Phi) is 3.39. The molecule has 1 N–H and O–H groups in total. The highest BCUT2D eigenvalue weighted by Crippen LogP contribution is 2.37. The first kappa shape index (κ1) is 15.5. The van der Waals surface area contributed by atoms with Gasteiger partial charge in [0.1, 0.15) is 4.60 Å². The minimum absolute atomic E-state index is 0.487. The molecule has 0 aliphatic carbocycles. The SMILES string of the molecule is CC1(C)OB(c2cn(C(=O)O)c3cnc(Br)cc23)OC1(C)C. The van der Waals surface area contributed by atoms with Gasteiger partial charge in [-0.3, -0.25) is 4.57 Å². The lowest BCUT2D eigenvalue weighted by Gasteiger charge is -2.32. The van der Waals surface area contributed by atoms with Gasteiger partial charge in [0.2, 0.25) is 0 Å². The molecule has 3 heterocycles. The van der Waals surface area contributed by atoms with Crippen molar-refractivity contribution in [1.82, 2.24) is 9.55 Å². The minimum atomic E-state index is -1.07. The molecule has 0 aromatic carbocycles. The molecule has 0 spiro atoms. The molecule has 0 atom stereocenters. The largest absolute Gasteiger partial charge is 0.497 e. The van der Waals surface area contributed by atoms with E-state index in [1.165, 1.54) is 12.4 Å². The maximum Gasteiger partial charge on any atom is 0.497 e. The van der Waals surface area contributed by atoms with Crippen LogP contribution in [0.1, 0.15) is 27.7 Å². The summed E-state index contributed by atoms with van der Waals surface area (Å²) in [5.74, 6) is 0. The van der Waals surface area contributed by atoms with E-state index in [1.807, 2.05) is 27.7 Å². The fourth-order valence-electron chi connectivity index (χ4n) is 2.44. The van der Waals surface area contributed by atoms with Crippen molar-refractivity contribution in [2.24, 2.45) is 0 Å². The molecule has 0 radical (unpaired) electrons. The van der Waals surface area contributed by atoms with E-state index in [0.29, 0.717) is 15.6 Å². The van der Waals surface area contributed by atoms with Crippen LogP contribution < -0.4 is 5.46 Å². The number of nitrogens with zero attached hydrogens (tertiary/aromatic N) is 2. The first-order valence-corrected chi connectivity index (χ1v) is 7.67. The Bertz CT molecular complexity index is 756. The van der Waals surface area contributed by atoms with Crippen molar-refractivity contribution in [3.63, 3.8) is 0 Å². The molecule has 3 rings (SSSR count). The van der Waals surface area contributed by atoms with Gasteiger partial charge in [0.05, 0.1) is 22.9 Å². The van der Waals surface area contributed by atoms with E-state index in [2.05, 4.69) is 20.9 Å². The number of pyridine rings is 1. The van der Waals surface area contributed by atoms with Gasteiger partial charge in [0.15, 0.2) is 0 Å². The van der Waals surface area contributed by atoms with E-state index in [4.69, 9.17) is 9.31 Å². The lowest BCUT2D eigenvalue weighted by Crippen LogP contribution is -2.41. The summed E-state index contributed by atoms with van der Waals surface area (Å²) >= 11 is 3.32. The zero-order valence-electron chi connectivity index (χ0n) is 12.8. The summed E-state index contributed by atoms with van der Waals surface area (Å²) in [5, 5.41) is 10.1. The first-order chi connectivity index (χ1) is 10.1. The topological polar surface area (TPSA) is 73.6 Å². The van der Waals surface area contributed by atoms with E-state index in [9.17, 15) is 9.90 Å². The summed E-state index contributed by atoms with van der Waals surface area (Å²) in [5.41, 5.74) is 0.207. The third kappa shape index (κ3) is 2.26. The van der Waals surface area contributed by atoms with Crippen molar-refractivity contribution in [2.75, 3.05) is 0 Å². The highest BCUT2D eigenvalue weighted by molar-refractivity contribution is 9.10. The Morgan fingerprint density at radius 1 is 1.32 bits per heavy atom. The van der Waals surface area contributed by atoms with Gasteiger partial charge in [-0.25, -0.2) is 9.78 Å². The van der Waals surface area contributed by atoms with Crippen LogP contribution >= 0.6 is 15.9 Å². The Balaban J connectivity index is 2.16. The predicted octanol–water partition coefficient (Wildman–Crippen LogP) is 2.62. The maximum atomic E-state index is 11.4. The standard InChI is InChI=1S/C14H16BBrN2O4/c1-13(2)14(3,4)22-15(21-13)9-7-18(12(19)20)10-6-17-11(16)5-8(9)10/h5-7H,1-4H3,(H,19,20). The zero-order valence-corrected chi connectivity index (χ0v) is 14.3. The molecule has 8 heteroatoms. The molecule has 0 amide bonds. The molecule has 22 heavy (non-hydrogen) atoms. The molecular weight excluding hydrogens is 351 g/mol. The Hall–Kier alpha value is -1.38. The van der Waals surface area contributed by atoms with Gasteiger partial charge in [-0.2, -0.15) is 0 Å². The van der Waals surface area contributed by atoms with Crippen LogP contribution in [0.15, 0.2) is 23.1 Å². The van der Waals surface area contributed by atoms with Crippen molar-refractivity contribution in [3.05, 3.63) is 23.1 Å². The molecule has 1 saturated heterocycles. The minimum Gasteiger partial charge on any atom is -0.464 e. The molecule has 2 aromatic heterocycles. The molecule has 0 saturated carbocycles. The normalized spacial score (nSPS) is 19.8. The first-order valence-electron chi connectivity index (χ1n) is 6.88. The van der Waals surface area contributed by atoms with Crippen LogP contribution in [0.3, 0.4) is 0 Å². The third-order valence-electron chi connectivity index (χ3n) is 4.40. The van der Waals surface area contributed by atoms with E-state index in [-0.39, 0.29) is 0 Å². The average Bonchev–Trinajstić information content (AvgIpc) is 2.84. The predicted molar refractivity (Wildman–Crippen MR) is 86.6 cm³/mol. The highest BCUT2D eigenvalue weighted by Gasteiger charge is 2.52. The molecule has 0 unspecified atom stereocenters. The molecule has 116 valence electrons. The van der Waals surface area contributed by atoms with Gasteiger partial charge in [0, 0.05) is 17.0 Å². The van der Waals surface area contributed by atoms with Gasteiger partial charge in [-0.1, -0.05) is 0 Å². The highest BCUT2D eigenvalue weighted by atomic mass is 79.9. The molecular formula is C14H16BBrN2O4. The third-order valence-corrected chi connectivity index (χ3v) is 4.84. The van der Waals surface area contributed by atoms with E-state index in [1.54, 1.807) is 6.07 Å². The smallest absolute Gasteiger partial charge is 0.464 e. The average molecular weight is 367 g/mol. The second-order valence-electron chi connectivity index (χ2n) is 6.35. The fourth-order valence-corrected chi connectivity index (χ4v) is 2.77. The number of aromatic nitrogens is 2. The van der Waals surface area contributed by atoms with Crippen LogP contribution in [-0.2, 0) is 9.31 Å². The summed E-state index contributed by atoms with van der Waals surface area (Å²) in [6.45, 7) is 7.84. The number of hydrogen-bond donors (Lipinski definition) is 1. The number of halogens is 1. The number of carboxylic acid groups (broad SMARTS) is 1. The summed E-state index contributed by atoms with van der Waals surface area (Å²) in [6, 6.07) is 1.77. The quantitative estimate of drug-likeness (QED) is 0.620. The van der Waals surface area contributed by atoms with Gasteiger partial charge < -0.3 is 14.4 Å². The monoisotopic (exact) mass is 366 g/mol. The van der Waals surface area contributed by atoms with Crippen molar-refractivity contribution in [2.45, 2.75) is 38.9 Å². The van der Waals surface area contributed by atoms with Crippen molar-refractivity contribution in [3.8, 4) is 0 Å². The molecule has 1 fully saturated rings. The number of rotatable bonds is 1. The van der Waals surface area contributed by atoms with Gasteiger partial charge in [-0.05, 0) is 49.7 Å². The molecule has 1 aliphatic heterocycles. The summed E-state index contributed by atoms with van der Waals surface area (Å²) in [7, 11) is -0.623. The lowest BCUT2D eigenvalue weighted by molar-refractivity contribution is 0.00578. The maximum absolute atomic E-state index is 11.4. The van der Waals surface area contributed by atoms with Crippen LogP contribution in [0.5, 0.6) is 0 Å². The number of carbonyl (C=O) groups is 1. The molecule has 6 nitrogen and oxygen atoms in total. The Morgan fingerprint density at radius 2 is 1.91 bits per heavy atom. The van der Waals surface area contributed by atoms with Crippen molar-refractivity contribution < 1.29 is 19.2 Å². The summed E-state index contributed by atoms with van der Waals surface area (Å²) in [6.07, 6.45) is 1.97.